The summed E-state index contributed by atoms with van der Waals surface area (Å²) in [6.07, 6.45) is 0.00736. The highest BCUT2D eigenvalue weighted by Gasteiger charge is 2.09. The van der Waals surface area contributed by atoms with Crippen LogP contribution in [0.25, 0.3) is 0 Å². The minimum atomic E-state index is -0.555. The molecule has 0 amide bonds. The molecule has 0 aromatic heterocycles. The van der Waals surface area contributed by atoms with Crippen LogP contribution in [0.2, 0.25) is 0 Å². The summed E-state index contributed by atoms with van der Waals surface area (Å²) in [4.78, 5) is 11.3. The summed E-state index contributed by atoms with van der Waals surface area (Å²) in [6, 6.07) is 4.04. The van der Waals surface area contributed by atoms with Crippen molar-refractivity contribution in [3.05, 3.63) is 29.6 Å². The monoisotopic (exact) mass is 212 g/mol. The van der Waals surface area contributed by atoms with Crippen LogP contribution < -0.4 is 4.74 Å². The maximum Gasteiger partial charge on any atom is 0.165 e. The molecule has 1 aromatic carbocycles. The number of ketones is 1. The van der Waals surface area contributed by atoms with Gasteiger partial charge in [-0.15, -0.1) is 0 Å². The third-order valence-corrected chi connectivity index (χ3v) is 1.89. The lowest BCUT2D eigenvalue weighted by Gasteiger charge is -2.05. The van der Waals surface area contributed by atoms with Gasteiger partial charge in [-0.05, 0) is 25.1 Å². The zero-order valence-electron chi connectivity index (χ0n) is 8.50. The van der Waals surface area contributed by atoms with E-state index < -0.39 is 5.82 Å². The van der Waals surface area contributed by atoms with Crippen molar-refractivity contribution in [3.63, 3.8) is 0 Å². The number of aliphatic hydroxyl groups is 1. The first kappa shape index (κ1) is 11.7. The van der Waals surface area contributed by atoms with Gasteiger partial charge in [0.1, 0.15) is 0 Å². The van der Waals surface area contributed by atoms with Gasteiger partial charge < -0.3 is 9.84 Å². The van der Waals surface area contributed by atoms with Crippen molar-refractivity contribution in [1.82, 2.24) is 0 Å². The minimum Gasteiger partial charge on any atom is -0.491 e. The Kier molecular flexibility index (Phi) is 4.24. The second-order valence-corrected chi connectivity index (χ2v) is 2.97. The number of aliphatic hydroxyl groups excluding tert-OH is 1. The number of carbonyl (C=O) groups is 1. The Labute approximate surface area is 87.5 Å². The summed E-state index contributed by atoms with van der Waals surface area (Å²) < 4.78 is 18.3. The molecule has 0 spiro atoms. The molecular weight excluding hydrogens is 199 g/mol. The molecule has 1 aromatic rings. The van der Waals surface area contributed by atoms with Gasteiger partial charge in [-0.2, -0.15) is 0 Å². The smallest absolute Gasteiger partial charge is 0.165 e. The van der Waals surface area contributed by atoms with Crippen molar-refractivity contribution in [2.24, 2.45) is 0 Å². The summed E-state index contributed by atoms with van der Waals surface area (Å²) >= 11 is 0. The van der Waals surface area contributed by atoms with E-state index in [1.165, 1.54) is 12.1 Å². The van der Waals surface area contributed by atoms with Gasteiger partial charge in [-0.25, -0.2) is 4.39 Å². The average molecular weight is 212 g/mol. The normalized spacial score (nSPS) is 10.1. The molecule has 0 aliphatic heterocycles. The van der Waals surface area contributed by atoms with Crippen molar-refractivity contribution in [1.29, 1.82) is 0 Å². The molecule has 0 fully saturated rings. The van der Waals surface area contributed by atoms with Gasteiger partial charge in [0, 0.05) is 12.0 Å². The van der Waals surface area contributed by atoms with Crippen molar-refractivity contribution in [2.45, 2.75) is 13.3 Å². The SMILES string of the molecule is CCOc1ccc(C(=O)CCO)cc1F. The predicted molar refractivity (Wildman–Crippen MR) is 53.6 cm³/mol. The van der Waals surface area contributed by atoms with Crippen LogP contribution in [0.4, 0.5) is 4.39 Å². The number of halogens is 1. The zero-order chi connectivity index (χ0) is 11.3. The van der Waals surface area contributed by atoms with Crippen LogP contribution in [0.5, 0.6) is 5.75 Å². The first-order chi connectivity index (χ1) is 7.19. The number of carbonyl (C=O) groups excluding carboxylic acids is 1. The highest BCUT2D eigenvalue weighted by molar-refractivity contribution is 5.96. The van der Waals surface area contributed by atoms with E-state index >= 15 is 0 Å². The highest BCUT2D eigenvalue weighted by atomic mass is 19.1. The standard InChI is InChI=1S/C11H13FO3/c1-2-15-11-4-3-8(7-9(11)12)10(14)5-6-13/h3-4,7,13H,2,5-6H2,1H3. The van der Waals surface area contributed by atoms with Crippen LogP contribution in [-0.2, 0) is 0 Å². The van der Waals surface area contributed by atoms with Crippen molar-refractivity contribution < 1.29 is 19.0 Å². The first-order valence-corrected chi connectivity index (χ1v) is 4.75. The van der Waals surface area contributed by atoms with Crippen LogP contribution in [0, 0.1) is 5.82 Å². The van der Waals surface area contributed by atoms with E-state index in [1.807, 2.05) is 0 Å². The molecule has 0 heterocycles. The van der Waals surface area contributed by atoms with E-state index in [0.29, 0.717) is 6.61 Å². The number of ether oxygens (including phenoxy) is 1. The van der Waals surface area contributed by atoms with Crippen LogP contribution in [0.15, 0.2) is 18.2 Å². The quantitative estimate of drug-likeness (QED) is 0.757. The Hall–Kier alpha value is -1.42. The molecule has 0 aliphatic rings. The number of benzene rings is 1. The van der Waals surface area contributed by atoms with E-state index in [0.717, 1.165) is 6.07 Å². The van der Waals surface area contributed by atoms with Gasteiger partial charge in [-0.1, -0.05) is 0 Å². The van der Waals surface area contributed by atoms with Crippen molar-refractivity contribution in [2.75, 3.05) is 13.2 Å². The van der Waals surface area contributed by atoms with Crippen molar-refractivity contribution >= 4 is 5.78 Å². The zero-order valence-corrected chi connectivity index (χ0v) is 8.50. The topological polar surface area (TPSA) is 46.5 Å². The molecule has 0 saturated heterocycles. The number of Topliss-reactive ketones (excluding diaryl/α,β-unsaturated/α-hetero) is 1. The maximum absolute atomic E-state index is 13.3. The number of hydrogen-bond acceptors (Lipinski definition) is 3. The van der Waals surface area contributed by atoms with Gasteiger partial charge in [0.25, 0.3) is 0 Å². The molecule has 3 nitrogen and oxygen atoms in total. The molecule has 0 unspecified atom stereocenters. The molecule has 15 heavy (non-hydrogen) atoms. The Morgan fingerprint density at radius 3 is 2.80 bits per heavy atom. The van der Waals surface area contributed by atoms with Gasteiger partial charge in [0.2, 0.25) is 0 Å². The van der Waals surface area contributed by atoms with E-state index in [1.54, 1.807) is 6.92 Å². The molecule has 1 N–H and O–H groups in total. The molecule has 4 heteroatoms. The molecule has 0 aliphatic carbocycles. The Morgan fingerprint density at radius 2 is 2.27 bits per heavy atom. The summed E-state index contributed by atoms with van der Waals surface area (Å²) in [6.45, 7) is 1.90. The lowest BCUT2D eigenvalue weighted by molar-refractivity contribution is 0.0956. The average Bonchev–Trinajstić information content (AvgIpc) is 2.21. The van der Waals surface area contributed by atoms with E-state index in [-0.39, 0.29) is 30.1 Å². The molecule has 0 radical (unpaired) electrons. The highest BCUT2D eigenvalue weighted by Crippen LogP contribution is 2.18. The van der Waals surface area contributed by atoms with Crippen molar-refractivity contribution in [3.8, 4) is 5.75 Å². The van der Waals surface area contributed by atoms with E-state index in [2.05, 4.69) is 0 Å². The van der Waals surface area contributed by atoms with Gasteiger partial charge in [0.05, 0.1) is 13.2 Å². The lowest BCUT2D eigenvalue weighted by Crippen LogP contribution is -2.03. The minimum absolute atomic E-state index is 0.00736. The Bertz CT molecular complexity index is 350. The van der Waals surface area contributed by atoms with Gasteiger partial charge >= 0.3 is 0 Å². The largest absolute Gasteiger partial charge is 0.491 e. The van der Waals surface area contributed by atoms with Crippen LogP contribution in [0.1, 0.15) is 23.7 Å². The summed E-state index contributed by atoms with van der Waals surface area (Å²) in [7, 11) is 0. The second kappa shape index (κ2) is 5.46. The fourth-order valence-electron chi connectivity index (χ4n) is 1.19. The Morgan fingerprint density at radius 1 is 1.53 bits per heavy atom. The molecular formula is C11H13FO3. The third kappa shape index (κ3) is 3.02. The van der Waals surface area contributed by atoms with Crippen LogP contribution in [-0.4, -0.2) is 24.1 Å². The fourth-order valence-corrected chi connectivity index (χ4v) is 1.19. The maximum atomic E-state index is 13.3. The van der Waals surface area contributed by atoms with Crippen LogP contribution in [0.3, 0.4) is 0 Å². The third-order valence-electron chi connectivity index (χ3n) is 1.89. The van der Waals surface area contributed by atoms with Crippen LogP contribution >= 0.6 is 0 Å². The second-order valence-electron chi connectivity index (χ2n) is 2.97. The summed E-state index contributed by atoms with van der Waals surface area (Å²) in [5.74, 6) is -0.696. The summed E-state index contributed by atoms with van der Waals surface area (Å²) in [5.41, 5.74) is 0.255. The molecule has 0 bridgehead atoms. The van der Waals surface area contributed by atoms with E-state index in [9.17, 15) is 9.18 Å². The molecule has 0 atom stereocenters. The fraction of sp³-hybridized carbons (Fsp3) is 0.364. The Balaban J connectivity index is 2.86. The van der Waals surface area contributed by atoms with E-state index in [4.69, 9.17) is 9.84 Å². The lowest BCUT2D eigenvalue weighted by atomic mass is 10.1. The first-order valence-electron chi connectivity index (χ1n) is 4.75. The summed E-state index contributed by atoms with van der Waals surface area (Å²) in [5, 5.41) is 8.57. The predicted octanol–water partition coefficient (Wildman–Crippen LogP) is 1.79. The number of rotatable bonds is 5. The van der Waals surface area contributed by atoms with Gasteiger partial charge in [0.15, 0.2) is 17.3 Å². The molecule has 0 saturated carbocycles. The van der Waals surface area contributed by atoms with Gasteiger partial charge in [-0.3, -0.25) is 4.79 Å². The molecule has 82 valence electrons. The molecule has 1 rings (SSSR count). The number of hydrogen-bond donors (Lipinski definition) is 1.